The van der Waals surface area contributed by atoms with Crippen molar-refractivity contribution in [2.75, 3.05) is 25.1 Å². The second kappa shape index (κ2) is 5.83. The fourth-order valence-electron chi connectivity index (χ4n) is 1.98. The third kappa shape index (κ3) is 3.13. The van der Waals surface area contributed by atoms with Gasteiger partial charge in [0.25, 0.3) is 5.91 Å². The SMILES string of the molecule is Cc1cccc(F)c1Nc1cc(C(=O)N(C)C)ccc1N. The van der Waals surface area contributed by atoms with Gasteiger partial charge in [-0.05, 0) is 36.8 Å². The number of rotatable bonds is 3. The van der Waals surface area contributed by atoms with Gasteiger partial charge in [0.1, 0.15) is 5.82 Å². The van der Waals surface area contributed by atoms with Crippen molar-refractivity contribution in [3.8, 4) is 0 Å². The van der Waals surface area contributed by atoms with Crippen LogP contribution in [0.4, 0.5) is 21.5 Å². The number of aryl methyl sites for hydroxylation is 1. The number of hydrogen-bond acceptors (Lipinski definition) is 3. The van der Waals surface area contributed by atoms with Crippen molar-refractivity contribution in [3.63, 3.8) is 0 Å². The lowest BCUT2D eigenvalue weighted by Gasteiger charge is -2.15. The molecular formula is C16H18FN3O. The molecule has 0 bridgehead atoms. The molecular weight excluding hydrogens is 269 g/mol. The summed E-state index contributed by atoms with van der Waals surface area (Å²) in [6, 6.07) is 9.73. The van der Waals surface area contributed by atoms with E-state index in [1.54, 1.807) is 51.4 Å². The molecule has 0 aliphatic rings. The van der Waals surface area contributed by atoms with E-state index < -0.39 is 0 Å². The summed E-state index contributed by atoms with van der Waals surface area (Å²) in [5.41, 5.74) is 8.48. The highest BCUT2D eigenvalue weighted by atomic mass is 19.1. The first kappa shape index (κ1) is 14.8. The van der Waals surface area contributed by atoms with Crippen molar-refractivity contribution in [2.24, 2.45) is 0 Å². The van der Waals surface area contributed by atoms with Gasteiger partial charge < -0.3 is 16.0 Å². The summed E-state index contributed by atoms with van der Waals surface area (Å²) in [6.45, 7) is 1.80. The molecule has 0 spiro atoms. The Kier molecular flexibility index (Phi) is 4.12. The van der Waals surface area contributed by atoms with Crippen molar-refractivity contribution in [1.29, 1.82) is 0 Å². The van der Waals surface area contributed by atoms with E-state index in [-0.39, 0.29) is 11.7 Å². The number of carbonyl (C=O) groups excluding carboxylic acids is 1. The van der Waals surface area contributed by atoms with Gasteiger partial charge in [0.2, 0.25) is 0 Å². The number of amides is 1. The lowest BCUT2D eigenvalue weighted by Crippen LogP contribution is -2.21. The van der Waals surface area contributed by atoms with Gasteiger partial charge in [-0.1, -0.05) is 12.1 Å². The number of nitrogens with two attached hydrogens (primary N) is 1. The lowest BCUT2D eigenvalue weighted by molar-refractivity contribution is 0.0827. The summed E-state index contributed by atoms with van der Waals surface area (Å²) in [6.07, 6.45) is 0. The second-order valence-corrected chi connectivity index (χ2v) is 5.06. The van der Waals surface area contributed by atoms with E-state index >= 15 is 0 Å². The number of para-hydroxylation sites is 1. The third-order valence-corrected chi connectivity index (χ3v) is 3.19. The Bertz CT molecular complexity index is 663. The van der Waals surface area contributed by atoms with Gasteiger partial charge in [0.05, 0.1) is 17.1 Å². The molecule has 0 atom stereocenters. The summed E-state index contributed by atoms with van der Waals surface area (Å²) in [7, 11) is 3.35. The van der Waals surface area contributed by atoms with Gasteiger partial charge in [-0.25, -0.2) is 4.39 Å². The standard InChI is InChI=1S/C16H18FN3O/c1-10-5-4-6-12(17)15(10)19-14-9-11(7-8-13(14)18)16(21)20(2)3/h4-9,19H,18H2,1-3H3. The largest absolute Gasteiger partial charge is 0.397 e. The van der Waals surface area contributed by atoms with Crippen LogP contribution in [0.25, 0.3) is 0 Å². The van der Waals surface area contributed by atoms with Crippen molar-refractivity contribution < 1.29 is 9.18 Å². The van der Waals surface area contributed by atoms with Crippen LogP contribution in [0.3, 0.4) is 0 Å². The zero-order chi connectivity index (χ0) is 15.6. The maximum Gasteiger partial charge on any atom is 0.253 e. The Labute approximate surface area is 123 Å². The molecule has 0 saturated carbocycles. The molecule has 0 aromatic heterocycles. The average Bonchev–Trinajstić information content (AvgIpc) is 2.44. The Balaban J connectivity index is 2.40. The van der Waals surface area contributed by atoms with E-state index in [0.717, 1.165) is 5.56 Å². The maximum absolute atomic E-state index is 13.9. The third-order valence-electron chi connectivity index (χ3n) is 3.19. The van der Waals surface area contributed by atoms with Crippen LogP contribution in [-0.2, 0) is 0 Å². The minimum atomic E-state index is -0.362. The fourth-order valence-corrected chi connectivity index (χ4v) is 1.98. The summed E-state index contributed by atoms with van der Waals surface area (Å²) < 4.78 is 13.9. The number of anilines is 3. The fraction of sp³-hybridized carbons (Fsp3) is 0.188. The van der Waals surface area contributed by atoms with Crippen LogP contribution >= 0.6 is 0 Å². The maximum atomic E-state index is 13.9. The number of carbonyl (C=O) groups is 1. The Morgan fingerprint density at radius 3 is 2.57 bits per heavy atom. The first-order valence-corrected chi connectivity index (χ1v) is 6.53. The highest BCUT2D eigenvalue weighted by molar-refractivity contribution is 5.96. The van der Waals surface area contributed by atoms with Crippen LogP contribution in [-0.4, -0.2) is 24.9 Å². The Morgan fingerprint density at radius 1 is 1.24 bits per heavy atom. The van der Waals surface area contributed by atoms with Crippen LogP contribution in [0.1, 0.15) is 15.9 Å². The minimum Gasteiger partial charge on any atom is -0.397 e. The second-order valence-electron chi connectivity index (χ2n) is 5.06. The van der Waals surface area contributed by atoms with Crippen LogP contribution in [0.15, 0.2) is 36.4 Å². The zero-order valence-corrected chi connectivity index (χ0v) is 12.3. The first-order chi connectivity index (χ1) is 9.90. The number of halogens is 1. The number of nitrogens with zero attached hydrogens (tertiary/aromatic N) is 1. The molecule has 0 radical (unpaired) electrons. The highest BCUT2D eigenvalue weighted by Gasteiger charge is 2.12. The quantitative estimate of drug-likeness (QED) is 0.853. The molecule has 5 heteroatoms. The smallest absolute Gasteiger partial charge is 0.253 e. The van der Waals surface area contributed by atoms with E-state index in [0.29, 0.717) is 22.6 Å². The van der Waals surface area contributed by atoms with Gasteiger partial charge in [0, 0.05) is 19.7 Å². The molecule has 21 heavy (non-hydrogen) atoms. The Hall–Kier alpha value is -2.56. The molecule has 0 unspecified atom stereocenters. The minimum absolute atomic E-state index is 0.136. The van der Waals surface area contributed by atoms with E-state index in [2.05, 4.69) is 5.32 Å². The number of nitrogens with one attached hydrogen (secondary N) is 1. The summed E-state index contributed by atoms with van der Waals surface area (Å²) >= 11 is 0. The number of benzene rings is 2. The van der Waals surface area contributed by atoms with Crippen LogP contribution in [0, 0.1) is 12.7 Å². The first-order valence-electron chi connectivity index (χ1n) is 6.53. The van der Waals surface area contributed by atoms with Crippen LogP contribution in [0.5, 0.6) is 0 Å². The summed E-state index contributed by atoms with van der Waals surface area (Å²) in [5.74, 6) is -0.498. The van der Waals surface area contributed by atoms with Crippen molar-refractivity contribution in [3.05, 3.63) is 53.3 Å². The van der Waals surface area contributed by atoms with Gasteiger partial charge >= 0.3 is 0 Å². The van der Waals surface area contributed by atoms with Crippen molar-refractivity contribution in [2.45, 2.75) is 6.92 Å². The van der Waals surface area contributed by atoms with Crippen molar-refractivity contribution >= 4 is 23.0 Å². The number of hydrogen-bond donors (Lipinski definition) is 2. The lowest BCUT2D eigenvalue weighted by atomic mass is 10.1. The molecule has 2 aromatic rings. The van der Waals surface area contributed by atoms with E-state index in [1.807, 2.05) is 0 Å². The predicted molar refractivity (Wildman–Crippen MR) is 83.3 cm³/mol. The van der Waals surface area contributed by atoms with Crippen molar-refractivity contribution in [1.82, 2.24) is 4.90 Å². The average molecular weight is 287 g/mol. The monoisotopic (exact) mass is 287 g/mol. The van der Waals surface area contributed by atoms with Crippen LogP contribution < -0.4 is 11.1 Å². The highest BCUT2D eigenvalue weighted by Crippen LogP contribution is 2.28. The normalized spacial score (nSPS) is 10.3. The zero-order valence-electron chi connectivity index (χ0n) is 12.3. The molecule has 0 saturated heterocycles. The van der Waals surface area contributed by atoms with E-state index in [9.17, 15) is 9.18 Å². The molecule has 0 aliphatic carbocycles. The Morgan fingerprint density at radius 2 is 1.95 bits per heavy atom. The molecule has 4 nitrogen and oxygen atoms in total. The van der Waals surface area contributed by atoms with E-state index in [4.69, 9.17) is 5.73 Å². The molecule has 0 aliphatic heterocycles. The number of nitrogen functional groups attached to an aromatic ring is 1. The summed E-state index contributed by atoms with van der Waals surface area (Å²) in [5, 5.41) is 2.97. The molecule has 0 heterocycles. The molecule has 1 amide bonds. The topological polar surface area (TPSA) is 58.4 Å². The van der Waals surface area contributed by atoms with Gasteiger partial charge in [-0.15, -0.1) is 0 Å². The van der Waals surface area contributed by atoms with E-state index in [1.165, 1.54) is 11.0 Å². The van der Waals surface area contributed by atoms with Gasteiger partial charge in [-0.3, -0.25) is 4.79 Å². The molecule has 2 rings (SSSR count). The van der Waals surface area contributed by atoms with Crippen LogP contribution in [0.2, 0.25) is 0 Å². The molecule has 110 valence electrons. The molecule has 0 fully saturated rings. The molecule has 2 aromatic carbocycles. The predicted octanol–water partition coefficient (Wildman–Crippen LogP) is 3.16. The summed E-state index contributed by atoms with van der Waals surface area (Å²) in [4.78, 5) is 13.5. The van der Waals surface area contributed by atoms with Gasteiger partial charge in [0.15, 0.2) is 0 Å². The van der Waals surface area contributed by atoms with Gasteiger partial charge in [-0.2, -0.15) is 0 Å². The molecule has 3 N–H and O–H groups in total.